The minimum atomic E-state index is 0.254. The summed E-state index contributed by atoms with van der Waals surface area (Å²) >= 11 is 3.53. The van der Waals surface area contributed by atoms with Crippen LogP contribution in [0.1, 0.15) is 6.42 Å². The first-order valence-electron chi connectivity index (χ1n) is 6.33. The third-order valence-electron chi connectivity index (χ3n) is 3.35. The lowest BCUT2D eigenvalue weighted by Gasteiger charge is -2.16. The van der Waals surface area contributed by atoms with E-state index in [-0.39, 0.29) is 6.04 Å². The molecule has 0 spiro atoms. The monoisotopic (exact) mass is 318 g/mol. The molecular formula is C14H15BrN4. The second kappa shape index (κ2) is 5.27. The van der Waals surface area contributed by atoms with Crippen LogP contribution in [0.25, 0.3) is 11.3 Å². The number of hydrogen-bond acceptors (Lipinski definition) is 4. The van der Waals surface area contributed by atoms with Crippen molar-refractivity contribution in [3.63, 3.8) is 0 Å². The molecule has 1 atom stereocenters. The smallest absolute Gasteiger partial charge is 0.151 e. The Hall–Kier alpha value is -1.46. The molecule has 0 amide bonds. The highest BCUT2D eigenvalue weighted by Gasteiger charge is 2.20. The Bertz CT molecular complexity index is 570. The van der Waals surface area contributed by atoms with Crippen molar-refractivity contribution in [3.8, 4) is 11.3 Å². The predicted octanol–water partition coefficient (Wildman–Crippen LogP) is 2.44. The third kappa shape index (κ3) is 2.62. The highest BCUT2D eigenvalue weighted by atomic mass is 79.9. The fraction of sp³-hybridized carbons (Fsp3) is 0.286. The van der Waals surface area contributed by atoms with Gasteiger partial charge in [0.25, 0.3) is 0 Å². The van der Waals surface area contributed by atoms with Crippen LogP contribution < -0.4 is 10.6 Å². The zero-order valence-electron chi connectivity index (χ0n) is 10.5. The first-order chi connectivity index (χ1) is 9.24. The topological polar surface area (TPSA) is 55.0 Å². The van der Waals surface area contributed by atoms with Crippen LogP contribution in [0.5, 0.6) is 0 Å². The van der Waals surface area contributed by atoms with Gasteiger partial charge in [-0.1, -0.05) is 34.1 Å². The van der Waals surface area contributed by atoms with E-state index in [0.29, 0.717) is 0 Å². The number of nitrogens with two attached hydrogens (primary N) is 1. The molecule has 0 radical (unpaired) electrons. The Labute approximate surface area is 120 Å². The van der Waals surface area contributed by atoms with E-state index in [1.165, 1.54) is 0 Å². The molecule has 4 nitrogen and oxygen atoms in total. The molecule has 2 heterocycles. The summed E-state index contributed by atoms with van der Waals surface area (Å²) in [5, 5.41) is 8.63. The summed E-state index contributed by atoms with van der Waals surface area (Å²) in [6, 6.07) is 12.3. The zero-order valence-corrected chi connectivity index (χ0v) is 12.0. The summed E-state index contributed by atoms with van der Waals surface area (Å²) in [6.45, 7) is 1.83. The molecule has 3 rings (SSSR count). The zero-order chi connectivity index (χ0) is 13.2. The van der Waals surface area contributed by atoms with Crippen LogP contribution in [0.2, 0.25) is 0 Å². The maximum atomic E-state index is 5.91. The first-order valence-corrected chi connectivity index (χ1v) is 7.12. The standard InChI is InChI=1S/C14H15BrN4/c15-12-4-2-1-3-11(12)13-5-6-14(18-17-13)19-8-7-10(16)9-19/h1-6,10H,7-9,16H2. The van der Waals surface area contributed by atoms with Crippen LogP contribution in [0.4, 0.5) is 5.82 Å². The van der Waals surface area contributed by atoms with Crippen molar-refractivity contribution in [1.82, 2.24) is 10.2 Å². The second-order valence-electron chi connectivity index (χ2n) is 4.75. The highest BCUT2D eigenvalue weighted by Crippen LogP contribution is 2.27. The fourth-order valence-electron chi connectivity index (χ4n) is 2.30. The molecule has 2 aromatic rings. The molecule has 1 aliphatic rings. The average molecular weight is 319 g/mol. The number of hydrogen-bond donors (Lipinski definition) is 1. The summed E-state index contributed by atoms with van der Waals surface area (Å²) < 4.78 is 1.03. The van der Waals surface area contributed by atoms with Crippen molar-refractivity contribution < 1.29 is 0 Å². The van der Waals surface area contributed by atoms with E-state index in [9.17, 15) is 0 Å². The van der Waals surface area contributed by atoms with Gasteiger partial charge < -0.3 is 10.6 Å². The van der Waals surface area contributed by atoms with Crippen molar-refractivity contribution in [2.75, 3.05) is 18.0 Å². The highest BCUT2D eigenvalue weighted by molar-refractivity contribution is 9.10. The summed E-state index contributed by atoms with van der Waals surface area (Å²) in [6.07, 6.45) is 1.02. The van der Waals surface area contributed by atoms with Gasteiger partial charge in [-0.25, -0.2) is 0 Å². The van der Waals surface area contributed by atoms with Crippen LogP contribution in [-0.4, -0.2) is 29.3 Å². The molecule has 1 aliphatic heterocycles. The van der Waals surface area contributed by atoms with Crippen LogP contribution >= 0.6 is 15.9 Å². The Balaban J connectivity index is 1.85. The molecule has 0 saturated carbocycles. The second-order valence-corrected chi connectivity index (χ2v) is 5.61. The lowest BCUT2D eigenvalue weighted by atomic mass is 10.1. The van der Waals surface area contributed by atoms with Crippen molar-refractivity contribution in [2.45, 2.75) is 12.5 Å². The summed E-state index contributed by atoms with van der Waals surface area (Å²) in [5.74, 6) is 0.906. The number of anilines is 1. The minimum Gasteiger partial charge on any atom is -0.354 e. The third-order valence-corrected chi connectivity index (χ3v) is 4.04. The van der Waals surface area contributed by atoms with Crippen molar-refractivity contribution in [3.05, 3.63) is 40.9 Å². The van der Waals surface area contributed by atoms with Crippen LogP contribution in [0.3, 0.4) is 0 Å². The van der Waals surface area contributed by atoms with Crippen molar-refractivity contribution in [1.29, 1.82) is 0 Å². The van der Waals surface area contributed by atoms with Crippen molar-refractivity contribution >= 4 is 21.7 Å². The fourth-order valence-corrected chi connectivity index (χ4v) is 2.79. The molecule has 1 aromatic carbocycles. The molecule has 2 N–H and O–H groups in total. The van der Waals surface area contributed by atoms with Gasteiger partial charge in [0.2, 0.25) is 0 Å². The Kier molecular flexibility index (Phi) is 3.48. The molecule has 1 saturated heterocycles. The van der Waals surface area contributed by atoms with Crippen LogP contribution in [0.15, 0.2) is 40.9 Å². The summed E-state index contributed by atoms with van der Waals surface area (Å²) in [5.41, 5.74) is 7.84. The van der Waals surface area contributed by atoms with E-state index in [1.54, 1.807) is 0 Å². The van der Waals surface area contributed by atoms with Gasteiger partial charge in [-0.15, -0.1) is 10.2 Å². The Morgan fingerprint density at radius 2 is 2.00 bits per heavy atom. The van der Waals surface area contributed by atoms with E-state index >= 15 is 0 Å². The molecule has 1 unspecified atom stereocenters. The first kappa shape index (κ1) is 12.6. The Morgan fingerprint density at radius 1 is 1.16 bits per heavy atom. The van der Waals surface area contributed by atoms with E-state index in [1.807, 2.05) is 36.4 Å². The lowest BCUT2D eigenvalue weighted by Crippen LogP contribution is -2.27. The van der Waals surface area contributed by atoms with Gasteiger partial charge in [0.1, 0.15) is 0 Å². The number of aromatic nitrogens is 2. The number of halogens is 1. The SMILES string of the molecule is NC1CCN(c2ccc(-c3ccccc3Br)nn2)C1. The van der Waals surface area contributed by atoms with E-state index in [2.05, 4.69) is 31.0 Å². The molecular weight excluding hydrogens is 304 g/mol. The van der Waals surface area contributed by atoms with Gasteiger partial charge in [-0.3, -0.25) is 0 Å². The molecule has 19 heavy (non-hydrogen) atoms. The van der Waals surface area contributed by atoms with Crippen molar-refractivity contribution in [2.24, 2.45) is 5.73 Å². The van der Waals surface area contributed by atoms with Gasteiger partial charge in [-0.05, 0) is 24.6 Å². The molecule has 5 heteroatoms. The summed E-state index contributed by atoms with van der Waals surface area (Å²) in [7, 11) is 0. The average Bonchev–Trinajstić information content (AvgIpc) is 2.86. The molecule has 1 fully saturated rings. The van der Waals surface area contributed by atoms with Gasteiger partial charge in [0, 0.05) is 29.2 Å². The number of benzene rings is 1. The van der Waals surface area contributed by atoms with Crippen LogP contribution in [-0.2, 0) is 0 Å². The van der Waals surface area contributed by atoms with Gasteiger partial charge in [-0.2, -0.15) is 0 Å². The number of rotatable bonds is 2. The minimum absolute atomic E-state index is 0.254. The van der Waals surface area contributed by atoms with Gasteiger partial charge in [0.05, 0.1) is 5.69 Å². The largest absolute Gasteiger partial charge is 0.354 e. The van der Waals surface area contributed by atoms with Gasteiger partial charge >= 0.3 is 0 Å². The van der Waals surface area contributed by atoms with E-state index in [0.717, 1.165) is 41.1 Å². The maximum absolute atomic E-state index is 5.91. The Morgan fingerprint density at radius 3 is 2.63 bits per heavy atom. The molecule has 0 aliphatic carbocycles. The molecule has 0 bridgehead atoms. The van der Waals surface area contributed by atoms with E-state index in [4.69, 9.17) is 5.73 Å². The molecule has 1 aromatic heterocycles. The predicted molar refractivity (Wildman–Crippen MR) is 80.0 cm³/mol. The quantitative estimate of drug-likeness (QED) is 0.924. The normalized spacial score (nSPS) is 18.8. The maximum Gasteiger partial charge on any atom is 0.151 e. The van der Waals surface area contributed by atoms with Crippen LogP contribution in [0, 0.1) is 0 Å². The number of nitrogens with zero attached hydrogens (tertiary/aromatic N) is 3. The molecule has 98 valence electrons. The van der Waals surface area contributed by atoms with E-state index < -0.39 is 0 Å². The van der Waals surface area contributed by atoms with Gasteiger partial charge in [0.15, 0.2) is 5.82 Å². The lowest BCUT2D eigenvalue weighted by molar-refractivity contribution is 0.750. The summed E-state index contributed by atoms with van der Waals surface area (Å²) in [4.78, 5) is 2.18.